The summed E-state index contributed by atoms with van der Waals surface area (Å²) >= 11 is 1.35. The Morgan fingerprint density at radius 2 is 2.06 bits per heavy atom. The van der Waals surface area contributed by atoms with Gasteiger partial charge in [-0.3, -0.25) is 0 Å². The SMILES string of the molecule is C[C@H]1OC2OC3=C(SC2C(O)C1O)C(O)CNC3. The van der Waals surface area contributed by atoms with Gasteiger partial charge in [0, 0.05) is 6.54 Å². The highest BCUT2D eigenvalue weighted by atomic mass is 32.2. The van der Waals surface area contributed by atoms with Gasteiger partial charge in [-0.05, 0) is 6.92 Å². The van der Waals surface area contributed by atoms with Crippen molar-refractivity contribution in [1.29, 1.82) is 0 Å². The second-order valence-corrected chi connectivity index (χ2v) is 6.05. The average Bonchev–Trinajstić information content (AvgIpc) is 2.35. The molecule has 3 rings (SSSR count). The fraction of sp³-hybridized carbons (Fsp3) is 0.818. The van der Waals surface area contributed by atoms with Gasteiger partial charge >= 0.3 is 0 Å². The Labute approximate surface area is 109 Å². The molecule has 0 aromatic heterocycles. The predicted octanol–water partition coefficient (Wildman–Crippen LogP) is -1.24. The second-order valence-electron chi connectivity index (χ2n) is 4.83. The van der Waals surface area contributed by atoms with Gasteiger partial charge in [0.15, 0.2) is 0 Å². The van der Waals surface area contributed by atoms with E-state index in [1.54, 1.807) is 6.92 Å². The molecule has 0 saturated carbocycles. The van der Waals surface area contributed by atoms with E-state index in [1.165, 1.54) is 11.8 Å². The van der Waals surface area contributed by atoms with E-state index >= 15 is 0 Å². The van der Waals surface area contributed by atoms with E-state index < -0.39 is 36.0 Å². The van der Waals surface area contributed by atoms with E-state index in [9.17, 15) is 15.3 Å². The number of aliphatic hydroxyl groups is 3. The van der Waals surface area contributed by atoms with Crippen LogP contribution in [0.15, 0.2) is 10.7 Å². The Kier molecular flexibility index (Phi) is 3.29. The van der Waals surface area contributed by atoms with Crippen LogP contribution in [0.4, 0.5) is 0 Å². The Balaban J connectivity index is 1.86. The van der Waals surface area contributed by atoms with E-state index in [1.807, 2.05) is 0 Å². The summed E-state index contributed by atoms with van der Waals surface area (Å²) in [6, 6.07) is 0. The van der Waals surface area contributed by atoms with Crippen LogP contribution in [-0.2, 0) is 9.47 Å². The number of rotatable bonds is 0. The Morgan fingerprint density at radius 3 is 2.83 bits per heavy atom. The van der Waals surface area contributed by atoms with Crippen LogP contribution >= 0.6 is 11.8 Å². The number of β-amino-alcohol motifs (C(OH)–C–C–N with tert-alkyl or cyclic N) is 1. The fourth-order valence-electron chi connectivity index (χ4n) is 2.44. The first-order valence-electron chi connectivity index (χ1n) is 6.04. The van der Waals surface area contributed by atoms with E-state index in [0.29, 0.717) is 18.8 Å². The van der Waals surface area contributed by atoms with Crippen molar-refractivity contribution < 1.29 is 24.8 Å². The molecule has 6 atom stereocenters. The van der Waals surface area contributed by atoms with Gasteiger partial charge in [0.05, 0.1) is 17.6 Å². The zero-order valence-electron chi connectivity index (χ0n) is 9.94. The minimum Gasteiger partial charge on any atom is -0.466 e. The van der Waals surface area contributed by atoms with Crippen LogP contribution in [0.25, 0.3) is 0 Å². The van der Waals surface area contributed by atoms with Crippen molar-refractivity contribution in [2.24, 2.45) is 0 Å². The molecule has 6 nitrogen and oxygen atoms in total. The molecular formula is C11H17NO5S. The van der Waals surface area contributed by atoms with Gasteiger partial charge in [0.2, 0.25) is 6.29 Å². The summed E-state index contributed by atoms with van der Waals surface area (Å²) in [6.45, 7) is 2.73. The van der Waals surface area contributed by atoms with Gasteiger partial charge in [-0.15, -0.1) is 11.8 Å². The van der Waals surface area contributed by atoms with Crippen molar-refractivity contribution >= 4 is 11.8 Å². The van der Waals surface area contributed by atoms with Gasteiger partial charge in [-0.1, -0.05) is 0 Å². The third-order valence-corrected chi connectivity index (χ3v) is 5.03. The van der Waals surface area contributed by atoms with Crippen molar-refractivity contribution in [3.05, 3.63) is 10.7 Å². The predicted molar refractivity (Wildman–Crippen MR) is 64.7 cm³/mol. The van der Waals surface area contributed by atoms with Gasteiger partial charge in [0.1, 0.15) is 29.3 Å². The zero-order valence-corrected chi connectivity index (χ0v) is 10.8. The first-order valence-corrected chi connectivity index (χ1v) is 6.92. The summed E-state index contributed by atoms with van der Waals surface area (Å²) in [5.41, 5.74) is 0. The van der Waals surface area contributed by atoms with E-state index in [0.717, 1.165) is 4.91 Å². The number of hydrogen-bond acceptors (Lipinski definition) is 7. The highest BCUT2D eigenvalue weighted by molar-refractivity contribution is 8.03. The van der Waals surface area contributed by atoms with Crippen LogP contribution in [0.5, 0.6) is 0 Å². The summed E-state index contributed by atoms with van der Waals surface area (Å²) in [5.74, 6) is 0.677. The Bertz CT molecular complexity index is 376. The van der Waals surface area contributed by atoms with Crippen LogP contribution < -0.4 is 5.32 Å². The van der Waals surface area contributed by atoms with Crippen molar-refractivity contribution in [2.75, 3.05) is 13.1 Å². The number of thioether (sulfide) groups is 1. The minimum absolute atomic E-state index is 0.400. The maximum atomic E-state index is 10.1. The van der Waals surface area contributed by atoms with Gasteiger partial charge < -0.3 is 30.1 Å². The lowest BCUT2D eigenvalue weighted by Crippen LogP contribution is -2.58. The maximum absolute atomic E-state index is 10.1. The summed E-state index contributed by atoms with van der Waals surface area (Å²) in [4.78, 5) is 0.736. The molecule has 3 aliphatic heterocycles. The van der Waals surface area contributed by atoms with Crippen LogP contribution in [0.2, 0.25) is 0 Å². The molecule has 1 saturated heterocycles. The summed E-state index contributed by atoms with van der Waals surface area (Å²) in [7, 11) is 0. The molecule has 102 valence electrons. The smallest absolute Gasteiger partial charge is 0.214 e. The van der Waals surface area contributed by atoms with Crippen molar-refractivity contribution in [2.45, 2.75) is 42.9 Å². The molecule has 3 heterocycles. The van der Waals surface area contributed by atoms with Gasteiger partial charge in [-0.2, -0.15) is 0 Å². The molecule has 3 aliphatic rings. The first kappa shape index (κ1) is 12.7. The first-order chi connectivity index (χ1) is 8.58. The third-order valence-electron chi connectivity index (χ3n) is 3.51. The van der Waals surface area contributed by atoms with Crippen LogP contribution in [-0.4, -0.2) is 64.4 Å². The quantitative estimate of drug-likeness (QED) is 0.439. The Hall–Kier alpha value is -0.310. The fourth-order valence-corrected chi connectivity index (χ4v) is 3.76. The lowest BCUT2D eigenvalue weighted by molar-refractivity contribution is -0.231. The van der Waals surface area contributed by atoms with E-state index in [-0.39, 0.29) is 0 Å². The average molecular weight is 275 g/mol. The highest BCUT2D eigenvalue weighted by Crippen LogP contribution is 2.43. The Morgan fingerprint density at radius 1 is 1.28 bits per heavy atom. The number of aliphatic hydroxyl groups excluding tert-OH is 3. The van der Waals surface area contributed by atoms with Gasteiger partial charge in [-0.25, -0.2) is 0 Å². The number of fused-ring (bicyclic) bond motifs is 1. The molecule has 0 aliphatic carbocycles. The molecule has 18 heavy (non-hydrogen) atoms. The summed E-state index contributed by atoms with van der Waals surface area (Å²) in [6.07, 6.45) is -3.51. The molecule has 1 fully saturated rings. The van der Waals surface area contributed by atoms with Crippen molar-refractivity contribution in [3.8, 4) is 0 Å². The van der Waals surface area contributed by atoms with E-state index in [4.69, 9.17) is 9.47 Å². The molecule has 7 heteroatoms. The lowest BCUT2D eigenvalue weighted by Gasteiger charge is -2.45. The van der Waals surface area contributed by atoms with Crippen LogP contribution in [0, 0.1) is 0 Å². The molecule has 4 N–H and O–H groups in total. The largest absolute Gasteiger partial charge is 0.466 e. The van der Waals surface area contributed by atoms with Gasteiger partial charge in [0.25, 0.3) is 0 Å². The molecule has 0 aromatic rings. The minimum atomic E-state index is -0.927. The molecule has 0 bridgehead atoms. The summed E-state index contributed by atoms with van der Waals surface area (Å²) in [5, 5.41) is 32.4. The second kappa shape index (κ2) is 4.66. The molecule has 0 radical (unpaired) electrons. The normalized spacial score (nSPS) is 48.2. The topological polar surface area (TPSA) is 91.2 Å². The van der Waals surface area contributed by atoms with E-state index in [2.05, 4.69) is 5.32 Å². The van der Waals surface area contributed by atoms with Crippen molar-refractivity contribution in [3.63, 3.8) is 0 Å². The number of nitrogens with one attached hydrogen (secondary N) is 1. The zero-order chi connectivity index (χ0) is 12.9. The van der Waals surface area contributed by atoms with Crippen LogP contribution in [0.1, 0.15) is 6.92 Å². The molecular weight excluding hydrogens is 258 g/mol. The summed E-state index contributed by atoms with van der Waals surface area (Å²) < 4.78 is 11.3. The number of hydrogen-bond donors (Lipinski definition) is 4. The lowest BCUT2D eigenvalue weighted by atomic mass is 10.0. The van der Waals surface area contributed by atoms with Crippen LogP contribution in [0.3, 0.4) is 0 Å². The highest BCUT2D eigenvalue weighted by Gasteiger charge is 2.48. The number of ether oxygens (including phenoxy) is 2. The third kappa shape index (κ3) is 1.95. The molecule has 0 spiro atoms. The standard InChI is InChI=1S/C11H17NO5S/c1-4-7(14)8(15)10-11(16-4)17-6-3-12-2-5(13)9(6)18-10/h4-5,7-8,10-15H,2-3H2,1H3/t4-,5?,7?,8?,10?,11?/m1/s1. The molecule has 5 unspecified atom stereocenters. The van der Waals surface area contributed by atoms with Crippen molar-refractivity contribution in [1.82, 2.24) is 5.32 Å². The molecule has 0 amide bonds. The maximum Gasteiger partial charge on any atom is 0.214 e. The molecule has 0 aromatic carbocycles. The monoisotopic (exact) mass is 275 g/mol.